The molecule has 0 unspecified atom stereocenters. The number of thiocarbonyl (C=S) groups is 1. The molecule has 0 radical (unpaired) electrons. The number of aromatic nitrogens is 1. The van der Waals surface area contributed by atoms with Gasteiger partial charge in [-0.15, -0.1) is 10.2 Å². The van der Waals surface area contributed by atoms with Crippen LogP contribution in [-0.4, -0.2) is 20.8 Å². The molecule has 26 heavy (non-hydrogen) atoms. The number of fused-ring (bicyclic) bond motifs is 1. The molecule has 0 aliphatic carbocycles. The van der Waals surface area contributed by atoms with Gasteiger partial charge in [0.2, 0.25) is 11.0 Å². The van der Waals surface area contributed by atoms with Crippen LogP contribution in [-0.2, 0) is 6.54 Å². The van der Waals surface area contributed by atoms with Gasteiger partial charge in [-0.1, -0.05) is 48.0 Å². The van der Waals surface area contributed by atoms with Gasteiger partial charge in [-0.3, -0.25) is 0 Å². The van der Waals surface area contributed by atoms with E-state index in [4.69, 9.17) is 23.8 Å². The van der Waals surface area contributed by atoms with Crippen LogP contribution in [0.4, 0.5) is 5.69 Å². The Bertz CT molecular complexity index is 981. The normalized spacial score (nSPS) is 11.5. The molecule has 5 nitrogen and oxygen atoms in total. The molecule has 0 saturated heterocycles. The van der Waals surface area contributed by atoms with E-state index in [9.17, 15) is 5.11 Å². The fraction of sp³-hybridized carbons (Fsp3) is 0.211. The summed E-state index contributed by atoms with van der Waals surface area (Å²) in [5.74, 6) is 0.0298. The Labute approximate surface area is 162 Å². The topological polar surface area (TPSA) is 61.9 Å². The van der Waals surface area contributed by atoms with E-state index in [2.05, 4.69) is 15.5 Å². The summed E-state index contributed by atoms with van der Waals surface area (Å²) < 4.78 is 1.77. The van der Waals surface area contributed by atoms with Crippen LogP contribution in [0.3, 0.4) is 0 Å². The summed E-state index contributed by atoms with van der Waals surface area (Å²) in [5.41, 5.74) is 2.15. The standard InChI is InChI=1S/C19H19ClN4OS/c1-12(2)21-19(26)23-22-17-14-8-4-6-10-16(14)24(18(17)25)11-13-7-3-5-9-15(13)20/h3-10,12,25H,11H2,1-2H3,(H,21,26). The van der Waals surface area contributed by atoms with Crippen LogP contribution < -0.4 is 5.32 Å². The number of benzene rings is 2. The molecule has 2 aromatic carbocycles. The van der Waals surface area contributed by atoms with E-state index in [1.807, 2.05) is 62.4 Å². The number of hydrogen-bond donors (Lipinski definition) is 2. The van der Waals surface area contributed by atoms with Crippen molar-refractivity contribution in [1.29, 1.82) is 0 Å². The van der Waals surface area contributed by atoms with Crippen molar-refractivity contribution in [3.8, 4) is 5.88 Å². The van der Waals surface area contributed by atoms with Gasteiger partial charge in [-0.25, -0.2) is 0 Å². The fourth-order valence-corrected chi connectivity index (χ4v) is 3.17. The van der Waals surface area contributed by atoms with Gasteiger partial charge in [0.05, 0.1) is 12.1 Å². The third kappa shape index (κ3) is 3.86. The Hall–Kier alpha value is -2.44. The monoisotopic (exact) mass is 386 g/mol. The Kier molecular flexibility index (Phi) is 5.54. The Balaban J connectivity index is 2.03. The molecule has 1 aromatic heterocycles. The molecular weight excluding hydrogens is 368 g/mol. The highest BCUT2D eigenvalue weighted by Gasteiger charge is 2.17. The molecule has 0 aliphatic rings. The molecule has 0 spiro atoms. The molecule has 134 valence electrons. The van der Waals surface area contributed by atoms with Crippen LogP contribution in [0.25, 0.3) is 10.9 Å². The van der Waals surface area contributed by atoms with E-state index >= 15 is 0 Å². The van der Waals surface area contributed by atoms with Gasteiger partial charge >= 0.3 is 0 Å². The third-order valence-electron chi connectivity index (χ3n) is 3.86. The van der Waals surface area contributed by atoms with E-state index in [-0.39, 0.29) is 17.0 Å². The number of nitrogens with one attached hydrogen (secondary N) is 1. The highest BCUT2D eigenvalue weighted by molar-refractivity contribution is 7.80. The average molecular weight is 387 g/mol. The molecule has 1 heterocycles. The summed E-state index contributed by atoms with van der Waals surface area (Å²) in [7, 11) is 0. The lowest BCUT2D eigenvalue weighted by Gasteiger charge is -2.08. The minimum absolute atomic E-state index is 0.0298. The van der Waals surface area contributed by atoms with E-state index < -0.39 is 0 Å². The van der Waals surface area contributed by atoms with Crippen molar-refractivity contribution in [2.24, 2.45) is 10.2 Å². The first kappa shape index (κ1) is 18.4. The highest BCUT2D eigenvalue weighted by atomic mass is 35.5. The van der Waals surface area contributed by atoms with Crippen LogP contribution in [0.15, 0.2) is 58.8 Å². The van der Waals surface area contributed by atoms with Crippen LogP contribution in [0, 0.1) is 0 Å². The largest absolute Gasteiger partial charge is 0.493 e. The molecule has 0 saturated carbocycles. The summed E-state index contributed by atoms with van der Waals surface area (Å²) >= 11 is 11.4. The molecule has 0 atom stereocenters. The van der Waals surface area contributed by atoms with E-state index in [1.54, 1.807) is 4.57 Å². The van der Waals surface area contributed by atoms with Crippen molar-refractivity contribution in [1.82, 2.24) is 9.88 Å². The Morgan fingerprint density at radius 2 is 1.88 bits per heavy atom. The summed E-state index contributed by atoms with van der Waals surface area (Å²) in [5, 5.41) is 23.7. The zero-order chi connectivity index (χ0) is 18.7. The molecule has 7 heteroatoms. The number of azo groups is 1. The molecule has 0 fully saturated rings. The van der Waals surface area contributed by atoms with Crippen LogP contribution in [0.5, 0.6) is 5.88 Å². The lowest BCUT2D eigenvalue weighted by Crippen LogP contribution is -2.26. The minimum atomic E-state index is 0.0298. The number of halogens is 1. The molecule has 3 rings (SSSR count). The maximum Gasteiger partial charge on any atom is 0.221 e. The molecule has 0 aliphatic heterocycles. The zero-order valence-corrected chi connectivity index (χ0v) is 16.1. The molecule has 2 N–H and O–H groups in total. The van der Waals surface area contributed by atoms with Gasteiger partial charge < -0.3 is 15.0 Å². The van der Waals surface area contributed by atoms with E-state index in [0.717, 1.165) is 16.5 Å². The van der Waals surface area contributed by atoms with Gasteiger partial charge in [0.15, 0.2) is 5.69 Å². The minimum Gasteiger partial charge on any atom is -0.493 e. The summed E-state index contributed by atoms with van der Waals surface area (Å²) in [4.78, 5) is 0. The first-order chi connectivity index (χ1) is 12.5. The van der Waals surface area contributed by atoms with Crippen LogP contribution in [0.1, 0.15) is 19.4 Å². The predicted octanol–water partition coefficient (Wildman–Crippen LogP) is 5.42. The average Bonchev–Trinajstić information content (AvgIpc) is 2.86. The molecule has 0 amide bonds. The van der Waals surface area contributed by atoms with E-state index in [0.29, 0.717) is 17.3 Å². The summed E-state index contributed by atoms with van der Waals surface area (Å²) in [6, 6.07) is 15.3. The number of nitrogens with zero attached hydrogens (tertiary/aromatic N) is 3. The zero-order valence-electron chi connectivity index (χ0n) is 14.5. The van der Waals surface area contributed by atoms with Crippen molar-refractivity contribution < 1.29 is 5.11 Å². The van der Waals surface area contributed by atoms with Crippen LogP contribution in [0.2, 0.25) is 5.02 Å². The summed E-state index contributed by atoms with van der Waals surface area (Å²) in [6.45, 7) is 4.36. The first-order valence-electron chi connectivity index (χ1n) is 8.23. The number of hydrogen-bond acceptors (Lipinski definition) is 3. The summed E-state index contributed by atoms with van der Waals surface area (Å²) in [6.07, 6.45) is 0. The molecule has 0 bridgehead atoms. The van der Waals surface area contributed by atoms with Crippen molar-refractivity contribution >= 4 is 45.5 Å². The lowest BCUT2D eigenvalue weighted by molar-refractivity contribution is 0.429. The highest BCUT2D eigenvalue weighted by Crippen LogP contribution is 2.39. The predicted molar refractivity (Wildman–Crippen MR) is 110 cm³/mol. The van der Waals surface area contributed by atoms with Crippen LogP contribution >= 0.6 is 23.8 Å². The third-order valence-corrected chi connectivity index (χ3v) is 4.42. The van der Waals surface area contributed by atoms with Crippen molar-refractivity contribution in [2.75, 3.05) is 0 Å². The van der Waals surface area contributed by atoms with Gasteiger partial charge in [0, 0.05) is 16.5 Å². The Morgan fingerprint density at radius 1 is 1.19 bits per heavy atom. The molecule has 3 aromatic rings. The van der Waals surface area contributed by atoms with E-state index in [1.165, 1.54) is 0 Å². The maximum atomic E-state index is 10.8. The van der Waals surface area contributed by atoms with Crippen molar-refractivity contribution in [2.45, 2.75) is 26.4 Å². The van der Waals surface area contributed by atoms with Gasteiger partial charge in [0.25, 0.3) is 0 Å². The van der Waals surface area contributed by atoms with Crippen molar-refractivity contribution in [3.05, 3.63) is 59.1 Å². The van der Waals surface area contributed by atoms with Gasteiger partial charge in [0.1, 0.15) is 0 Å². The Morgan fingerprint density at radius 3 is 2.62 bits per heavy atom. The SMILES string of the molecule is CC(C)NC(=S)N=Nc1c(O)n(Cc2ccccc2Cl)c2ccccc12. The number of aromatic hydroxyl groups is 1. The molecular formula is C19H19ClN4OS. The maximum absolute atomic E-state index is 10.8. The van der Waals surface area contributed by atoms with Gasteiger partial charge in [-0.2, -0.15) is 0 Å². The number of rotatable bonds is 4. The number of para-hydroxylation sites is 1. The second-order valence-corrected chi connectivity index (χ2v) is 6.97. The second kappa shape index (κ2) is 7.85. The fourth-order valence-electron chi connectivity index (χ4n) is 2.70. The smallest absolute Gasteiger partial charge is 0.221 e. The second-order valence-electron chi connectivity index (χ2n) is 6.17. The quantitative estimate of drug-likeness (QED) is 0.465. The van der Waals surface area contributed by atoms with Crippen molar-refractivity contribution in [3.63, 3.8) is 0 Å². The first-order valence-corrected chi connectivity index (χ1v) is 9.02. The lowest BCUT2D eigenvalue weighted by atomic mass is 10.2. The van der Waals surface area contributed by atoms with Gasteiger partial charge in [-0.05, 0) is 43.8 Å².